The summed E-state index contributed by atoms with van der Waals surface area (Å²) in [4.78, 5) is 12.1. The Balaban J connectivity index is 2.04. The van der Waals surface area contributed by atoms with Crippen molar-refractivity contribution < 1.29 is 4.79 Å². The van der Waals surface area contributed by atoms with Crippen molar-refractivity contribution in [3.05, 3.63) is 63.6 Å². The van der Waals surface area contributed by atoms with Crippen LogP contribution in [-0.4, -0.2) is 5.91 Å². The Labute approximate surface area is 120 Å². The number of amides is 1. The molecule has 0 spiro atoms. The summed E-state index contributed by atoms with van der Waals surface area (Å²) in [7, 11) is 0. The van der Waals surface area contributed by atoms with Gasteiger partial charge in [-0.15, -0.1) is 0 Å². The molecule has 0 fully saturated rings. The Morgan fingerprint density at radius 1 is 0.895 bits per heavy atom. The standard InChI is InChI=1S/C14H10Cl2N2O/c15-9-5-3-6-10(16)12(9)13-17-11-7-2-1-4-8(11)14(19)18-13/h1-7,13,17H,(H,18,19). The van der Waals surface area contributed by atoms with Gasteiger partial charge in [-0.2, -0.15) is 0 Å². The molecule has 0 saturated carbocycles. The molecule has 1 atom stereocenters. The van der Waals surface area contributed by atoms with Gasteiger partial charge in [-0.25, -0.2) is 0 Å². The highest BCUT2D eigenvalue weighted by Gasteiger charge is 2.26. The van der Waals surface area contributed by atoms with Gasteiger partial charge in [0, 0.05) is 21.3 Å². The fraction of sp³-hybridized carbons (Fsp3) is 0.0714. The molecule has 1 unspecified atom stereocenters. The Hall–Kier alpha value is -1.71. The topological polar surface area (TPSA) is 41.1 Å². The van der Waals surface area contributed by atoms with Crippen LogP contribution in [0.1, 0.15) is 22.1 Å². The Bertz CT molecular complexity index is 637. The maximum atomic E-state index is 12.1. The second-order valence-corrected chi connectivity index (χ2v) is 5.05. The molecule has 3 rings (SSSR count). The molecular weight excluding hydrogens is 283 g/mol. The average molecular weight is 293 g/mol. The van der Waals surface area contributed by atoms with Gasteiger partial charge in [-0.05, 0) is 24.3 Å². The van der Waals surface area contributed by atoms with Crippen LogP contribution >= 0.6 is 23.2 Å². The molecule has 0 bridgehead atoms. The normalized spacial score (nSPS) is 17.4. The third-order valence-corrected chi connectivity index (χ3v) is 3.69. The van der Waals surface area contributed by atoms with E-state index in [0.717, 1.165) is 5.69 Å². The van der Waals surface area contributed by atoms with Gasteiger partial charge in [0.05, 0.1) is 5.56 Å². The molecule has 0 radical (unpaired) electrons. The lowest BCUT2D eigenvalue weighted by molar-refractivity contribution is 0.0936. The zero-order chi connectivity index (χ0) is 13.4. The molecule has 0 aliphatic carbocycles. The molecule has 1 aliphatic rings. The van der Waals surface area contributed by atoms with Crippen LogP contribution in [0.2, 0.25) is 10.0 Å². The molecular formula is C14H10Cl2N2O. The minimum Gasteiger partial charge on any atom is -0.361 e. The van der Waals surface area contributed by atoms with Gasteiger partial charge in [0.25, 0.3) is 5.91 Å². The van der Waals surface area contributed by atoms with E-state index in [1.54, 1.807) is 24.3 Å². The number of rotatable bonds is 1. The van der Waals surface area contributed by atoms with Crippen LogP contribution in [0.25, 0.3) is 0 Å². The van der Waals surface area contributed by atoms with Gasteiger partial charge >= 0.3 is 0 Å². The summed E-state index contributed by atoms with van der Waals surface area (Å²) in [5, 5.41) is 7.11. The van der Waals surface area contributed by atoms with Gasteiger partial charge < -0.3 is 10.6 Å². The highest BCUT2D eigenvalue weighted by Crippen LogP contribution is 2.34. The first-order chi connectivity index (χ1) is 9.16. The number of benzene rings is 2. The highest BCUT2D eigenvalue weighted by molar-refractivity contribution is 6.36. The lowest BCUT2D eigenvalue weighted by atomic mass is 10.1. The van der Waals surface area contributed by atoms with E-state index in [9.17, 15) is 4.79 Å². The van der Waals surface area contributed by atoms with E-state index in [1.165, 1.54) is 0 Å². The summed E-state index contributed by atoms with van der Waals surface area (Å²) >= 11 is 12.3. The first kappa shape index (κ1) is 12.3. The van der Waals surface area contributed by atoms with Crippen LogP contribution < -0.4 is 10.6 Å². The van der Waals surface area contributed by atoms with Gasteiger partial charge in [0.15, 0.2) is 0 Å². The first-order valence-corrected chi connectivity index (χ1v) is 6.53. The van der Waals surface area contributed by atoms with Crippen LogP contribution in [0.5, 0.6) is 0 Å². The third kappa shape index (κ3) is 2.15. The summed E-state index contributed by atoms with van der Waals surface area (Å²) in [5.41, 5.74) is 2.06. The maximum Gasteiger partial charge on any atom is 0.255 e. The molecule has 5 heteroatoms. The van der Waals surface area contributed by atoms with E-state index in [2.05, 4.69) is 10.6 Å². The SMILES string of the molecule is O=C1NC(c2c(Cl)cccc2Cl)Nc2ccccc21. The van der Waals surface area contributed by atoms with Crippen LogP contribution in [0.4, 0.5) is 5.69 Å². The molecule has 19 heavy (non-hydrogen) atoms. The van der Waals surface area contributed by atoms with Gasteiger partial charge in [0.2, 0.25) is 0 Å². The van der Waals surface area contributed by atoms with E-state index in [1.807, 2.05) is 18.2 Å². The summed E-state index contributed by atoms with van der Waals surface area (Å²) in [6, 6.07) is 12.6. The quantitative estimate of drug-likeness (QED) is 0.838. The van der Waals surface area contributed by atoms with Crippen molar-refractivity contribution in [2.24, 2.45) is 0 Å². The van der Waals surface area contributed by atoms with Crippen molar-refractivity contribution in [2.45, 2.75) is 6.17 Å². The van der Waals surface area contributed by atoms with Crippen LogP contribution in [0, 0.1) is 0 Å². The fourth-order valence-electron chi connectivity index (χ4n) is 2.14. The summed E-state index contributed by atoms with van der Waals surface area (Å²) in [6.45, 7) is 0. The molecule has 2 N–H and O–H groups in total. The number of nitrogens with one attached hydrogen (secondary N) is 2. The third-order valence-electron chi connectivity index (χ3n) is 3.04. The molecule has 1 heterocycles. The number of halogens is 2. The number of anilines is 1. The number of fused-ring (bicyclic) bond motifs is 1. The number of carbonyl (C=O) groups is 1. The number of hydrogen-bond donors (Lipinski definition) is 2. The van der Waals surface area contributed by atoms with Crippen LogP contribution in [0.3, 0.4) is 0 Å². The van der Waals surface area contributed by atoms with Crippen molar-refractivity contribution >= 4 is 34.8 Å². The molecule has 0 aromatic heterocycles. The van der Waals surface area contributed by atoms with Gasteiger partial charge in [-0.3, -0.25) is 4.79 Å². The van der Waals surface area contributed by atoms with E-state index in [-0.39, 0.29) is 5.91 Å². The van der Waals surface area contributed by atoms with E-state index < -0.39 is 6.17 Å². The number of para-hydroxylation sites is 1. The summed E-state index contributed by atoms with van der Waals surface area (Å²) in [6.07, 6.45) is -0.427. The van der Waals surface area contributed by atoms with Crippen molar-refractivity contribution in [1.82, 2.24) is 5.32 Å². The molecule has 96 valence electrons. The van der Waals surface area contributed by atoms with Gasteiger partial charge in [-0.1, -0.05) is 41.4 Å². The predicted molar refractivity (Wildman–Crippen MR) is 76.7 cm³/mol. The lowest BCUT2D eigenvalue weighted by Gasteiger charge is -2.29. The second-order valence-electron chi connectivity index (χ2n) is 4.23. The molecule has 2 aromatic rings. The fourth-order valence-corrected chi connectivity index (χ4v) is 2.75. The minimum absolute atomic E-state index is 0.143. The first-order valence-electron chi connectivity index (χ1n) is 5.77. The summed E-state index contributed by atoms with van der Waals surface area (Å²) < 4.78 is 0. The largest absolute Gasteiger partial charge is 0.361 e. The second kappa shape index (κ2) is 4.76. The molecule has 2 aromatic carbocycles. The minimum atomic E-state index is -0.427. The molecule has 0 saturated heterocycles. The lowest BCUT2D eigenvalue weighted by Crippen LogP contribution is -2.38. The predicted octanol–water partition coefficient (Wildman–Crippen LogP) is 3.85. The molecule has 3 nitrogen and oxygen atoms in total. The number of hydrogen-bond acceptors (Lipinski definition) is 2. The van der Waals surface area contributed by atoms with E-state index in [0.29, 0.717) is 21.2 Å². The maximum absolute atomic E-state index is 12.1. The van der Waals surface area contributed by atoms with E-state index >= 15 is 0 Å². The van der Waals surface area contributed by atoms with Crippen molar-refractivity contribution in [1.29, 1.82) is 0 Å². The Morgan fingerprint density at radius 3 is 2.32 bits per heavy atom. The highest BCUT2D eigenvalue weighted by atomic mass is 35.5. The Kier molecular flexibility index (Phi) is 3.09. The zero-order valence-corrected chi connectivity index (χ0v) is 11.3. The molecule has 1 aliphatic heterocycles. The zero-order valence-electron chi connectivity index (χ0n) is 9.78. The Morgan fingerprint density at radius 2 is 1.58 bits per heavy atom. The smallest absolute Gasteiger partial charge is 0.255 e. The van der Waals surface area contributed by atoms with Crippen molar-refractivity contribution in [3.63, 3.8) is 0 Å². The van der Waals surface area contributed by atoms with Crippen molar-refractivity contribution in [2.75, 3.05) is 5.32 Å². The molecule has 1 amide bonds. The van der Waals surface area contributed by atoms with Crippen LogP contribution in [0.15, 0.2) is 42.5 Å². The van der Waals surface area contributed by atoms with Gasteiger partial charge in [0.1, 0.15) is 6.17 Å². The van der Waals surface area contributed by atoms with Crippen LogP contribution in [-0.2, 0) is 0 Å². The summed E-state index contributed by atoms with van der Waals surface area (Å²) in [5.74, 6) is -0.143. The van der Waals surface area contributed by atoms with Crippen molar-refractivity contribution in [3.8, 4) is 0 Å². The van der Waals surface area contributed by atoms with E-state index in [4.69, 9.17) is 23.2 Å². The average Bonchev–Trinajstić information content (AvgIpc) is 2.38. The number of carbonyl (C=O) groups excluding carboxylic acids is 1. The monoisotopic (exact) mass is 292 g/mol.